The van der Waals surface area contributed by atoms with Crippen LogP contribution in [0.5, 0.6) is 0 Å². The molecule has 4 aliphatic carbocycles. The predicted octanol–water partition coefficient (Wildman–Crippen LogP) is 6.14. The first-order valence-electron chi connectivity index (χ1n) is 13.5. The molecule has 3 N–H and O–H groups in total. The second-order valence-corrected chi connectivity index (χ2v) is 13.6. The molecule has 0 spiro atoms. The van der Waals surface area contributed by atoms with Crippen molar-refractivity contribution < 1.29 is 9.68 Å². The summed E-state index contributed by atoms with van der Waals surface area (Å²) in [5.74, 6) is 3.15. The van der Waals surface area contributed by atoms with E-state index in [1.807, 2.05) is 11.1 Å². The third-order valence-corrected chi connectivity index (χ3v) is 11.9. The minimum Gasteiger partial charge on any atom is -0.393 e. The molecule has 2 saturated carbocycles. The van der Waals surface area contributed by atoms with Crippen LogP contribution < -0.4 is 5.73 Å². The average Bonchev–Trinajstić information content (AvgIpc) is 3.00. The van der Waals surface area contributed by atoms with Crippen molar-refractivity contribution in [1.82, 2.24) is 0 Å². The number of rotatable bonds is 4. The maximum absolute atomic E-state index is 10.8. The van der Waals surface area contributed by atoms with E-state index in [0.717, 1.165) is 30.5 Å². The summed E-state index contributed by atoms with van der Waals surface area (Å²) in [5.41, 5.74) is 11.0. The number of aliphatic hydroxyl groups is 1. The highest BCUT2D eigenvalue weighted by atomic mass is 16.3. The molecule has 0 bridgehead atoms. The van der Waals surface area contributed by atoms with E-state index in [9.17, 15) is 5.11 Å². The molecule has 0 aromatic rings. The van der Waals surface area contributed by atoms with Gasteiger partial charge in [0, 0.05) is 6.42 Å². The van der Waals surface area contributed by atoms with Gasteiger partial charge in [0.25, 0.3) is 0 Å². The van der Waals surface area contributed by atoms with E-state index in [0.29, 0.717) is 22.2 Å². The first-order chi connectivity index (χ1) is 14.8. The van der Waals surface area contributed by atoms with Crippen molar-refractivity contribution in [2.45, 2.75) is 112 Å². The molecule has 3 heteroatoms. The first kappa shape index (κ1) is 24.3. The Bertz CT molecular complexity index is 821. The molecule has 0 aromatic heterocycles. The molecule has 4 rings (SSSR count). The van der Waals surface area contributed by atoms with Gasteiger partial charge in [0.2, 0.25) is 5.84 Å². The average molecular weight is 444 g/mol. The molecule has 0 radical (unpaired) electrons. The van der Waals surface area contributed by atoms with Crippen molar-refractivity contribution in [3.8, 4) is 0 Å². The van der Waals surface area contributed by atoms with Crippen LogP contribution in [0.25, 0.3) is 0 Å². The van der Waals surface area contributed by atoms with Gasteiger partial charge in [-0.2, -0.15) is 0 Å². The minimum absolute atomic E-state index is 0.0305. The molecule has 0 saturated heterocycles. The quantitative estimate of drug-likeness (QED) is 0.237. The predicted molar refractivity (Wildman–Crippen MR) is 135 cm³/mol. The number of allylic oxidation sites excluding steroid dienone is 2. The molecule has 4 aliphatic rings. The summed E-state index contributed by atoms with van der Waals surface area (Å²) >= 11 is 0. The second-order valence-electron chi connectivity index (χ2n) is 13.6. The summed E-state index contributed by atoms with van der Waals surface area (Å²) < 4.78 is 2.08. The number of hydrogen-bond donors (Lipinski definition) is 2. The summed E-state index contributed by atoms with van der Waals surface area (Å²) in [7, 11) is 4.12. The van der Waals surface area contributed by atoms with Crippen LogP contribution in [0, 0.1) is 39.4 Å². The first-order valence-corrected chi connectivity index (χ1v) is 13.5. The van der Waals surface area contributed by atoms with Crippen molar-refractivity contribution in [3.63, 3.8) is 0 Å². The van der Waals surface area contributed by atoms with Crippen LogP contribution in [0.15, 0.2) is 11.1 Å². The molecule has 0 aromatic carbocycles. The maximum atomic E-state index is 10.8. The van der Waals surface area contributed by atoms with Gasteiger partial charge in [0.05, 0.1) is 20.2 Å². The Kier molecular flexibility index (Phi) is 5.96. The van der Waals surface area contributed by atoms with E-state index >= 15 is 0 Å². The Hall–Kier alpha value is -0.830. The lowest BCUT2D eigenvalue weighted by Crippen LogP contribution is -2.55. The van der Waals surface area contributed by atoms with Crippen LogP contribution in [0.4, 0.5) is 0 Å². The van der Waals surface area contributed by atoms with Crippen LogP contribution in [-0.2, 0) is 0 Å². The van der Waals surface area contributed by atoms with E-state index in [2.05, 4.69) is 60.2 Å². The third-order valence-electron chi connectivity index (χ3n) is 11.9. The SMILES string of the molecule is C[C@H](CCC(N)=[N+](C)C)[C@H]1CC[C@@]2(C)C3=C(CC[C@]12C)[C@@]1(C)CC[C@H](O)C(C)(C)[C@@H]1CC3. The molecule has 32 heavy (non-hydrogen) atoms. The van der Waals surface area contributed by atoms with Crippen LogP contribution in [0.3, 0.4) is 0 Å². The lowest BCUT2D eigenvalue weighted by Gasteiger charge is -2.62. The Balaban J connectivity index is 1.64. The van der Waals surface area contributed by atoms with Crippen LogP contribution >= 0.6 is 0 Å². The standard InChI is InChI=1S/C29H50N2O/c1-19(9-12-25(30)31(7)8)20-13-17-29(6)22-10-11-23-26(2,3)24(32)15-16-27(23,4)21(22)14-18-28(20,29)5/h19-20,23-24,30,32H,9-18H2,1-8H3/p+1/t19-,20-,23+,24+,27-,28-,29+/m1/s1. The highest BCUT2D eigenvalue weighted by Gasteiger charge is 2.63. The zero-order chi connectivity index (χ0) is 23.7. The van der Waals surface area contributed by atoms with Crippen molar-refractivity contribution in [1.29, 1.82) is 0 Å². The molecule has 0 amide bonds. The number of hydrogen-bond acceptors (Lipinski definition) is 1. The van der Waals surface area contributed by atoms with Gasteiger partial charge in [-0.3, -0.25) is 10.3 Å². The number of fused-ring (bicyclic) bond motifs is 4. The summed E-state index contributed by atoms with van der Waals surface area (Å²) in [6.07, 6.45) is 12.1. The maximum Gasteiger partial charge on any atom is 0.242 e. The fourth-order valence-corrected chi connectivity index (χ4v) is 9.43. The molecule has 0 unspecified atom stereocenters. The van der Waals surface area contributed by atoms with Crippen molar-refractivity contribution in [2.75, 3.05) is 14.1 Å². The van der Waals surface area contributed by atoms with Crippen LogP contribution in [-0.4, -0.2) is 35.7 Å². The van der Waals surface area contributed by atoms with E-state index < -0.39 is 0 Å². The Morgan fingerprint density at radius 2 is 1.69 bits per heavy atom. The fourth-order valence-electron chi connectivity index (χ4n) is 9.43. The summed E-state index contributed by atoms with van der Waals surface area (Å²) in [6.45, 7) is 15.0. The van der Waals surface area contributed by atoms with Gasteiger partial charge < -0.3 is 5.11 Å². The summed E-state index contributed by atoms with van der Waals surface area (Å²) in [4.78, 5) is 0. The number of nitrogens with zero attached hydrogens (tertiary/aromatic N) is 1. The van der Waals surface area contributed by atoms with E-state index in [1.165, 1.54) is 51.4 Å². The summed E-state index contributed by atoms with van der Waals surface area (Å²) in [6, 6.07) is 0. The highest BCUT2D eigenvalue weighted by Crippen LogP contribution is 2.72. The zero-order valence-electron chi connectivity index (χ0n) is 22.4. The van der Waals surface area contributed by atoms with Crippen molar-refractivity contribution in [3.05, 3.63) is 11.1 Å². The van der Waals surface area contributed by atoms with Gasteiger partial charge in [-0.1, -0.05) is 52.7 Å². The van der Waals surface area contributed by atoms with E-state index in [-0.39, 0.29) is 11.5 Å². The molecule has 7 atom stereocenters. The molecule has 0 heterocycles. The normalized spacial score (nSPS) is 43.8. The van der Waals surface area contributed by atoms with E-state index in [4.69, 9.17) is 5.73 Å². The number of amidine groups is 1. The van der Waals surface area contributed by atoms with Gasteiger partial charge in [-0.05, 0) is 97.2 Å². The molecule has 182 valence electrons. The van der Waals surface area contributed by atoms with Gasteiger partial charge >= 0.3 is 0 Å². The van der Waals surface area contributed by atoms with Gasteiger partial charge in [-0.25, -0.2) is 0 Å². The molecular formula is C29H51N2O+. The monoisotopic (exact) mass is 443 g/mol. The van der Waals surface area contributed by atoms with Gasteiger partial charge in [-0.15, -0.1) is 0 Å². The van der Waals surface area contributed by atoms with E-state index in [1.54, 1.807) is 0 Å². The zero-order valence-corrected chi connectivity index (χ0v) is 22.4. The smallest absolute Gasteiger partial charge is 0.242 e. The largest absolute Gasteiger partial charge is 0.393 e. The summed E-state index contributed by atoms with van der Waals surface area (Å²) in [5, 5.41) is 10.8. The van der Waals surface area contributed by atoms with Crippen LogP contribution in [0.1, 0.15) is 106 Å². The lowest BCUT2D eigenvalue weighted by atomic mass is 9.43. The third kappa shape index (κ3) is 3.27. The second kappa shape index (κ2) is 7.85. The topological polar surface area (TPSA) is 49.3 Å². The number of aliphatic hydroxyl groups excluding tert-OH is 1. The van der Waals surface area contributed by atoms with Gasteiger partial charge in [0.15, 0.2) is 0 Å². The van der Waals surface area contributed by atoms with Crippen LogP contribution in [0.2, 0.25) is 0 Å². The van der Waals surface area contributed by atoms with Crippen molar-refractivity contribution >= 4 is 5.84 Å². The Morgan fingerprint density at radius 3 is 2.34 bits per heavy atom. The molecule has 2 fully saturated rings. The molecule has 0 aliphatic heterocycles. The Morgan fingerprint density at radius 1 is 1.00 bits per heavy atom. The number of nitrogens with two attached hydrogens (primary N) is 1. The lowest BCUT2D eigenvalue weighted by molar-refractivity contribution is -0.466. The minimum atomic E-state index is -0.143. The fraction of sp³-hybridized carbons (Fsp3) is 0.897. The van der Waals surface area contributed by atoms with Gasteiger partial charge in [0.1, 0.15) is 0 Å². The Labute approximate surface area is 197 Å². The molecular weight excluding hydrogens is 392 g/mol. The highest BCUT2D eigenvalue weighted by molar-refractivity contribution is 5.75. The van der Waals surface area contributed by atoms with Crippen molar-refractivity contribution in [2.24, 2.45) is 45.1 Å². The molecule has 3 nitrogen and oxygen atoms in total.